The summed E-state index contributed by atoms with van der Waals surface area (Å²) in [6, 6.07) is 0. The molecule has 0 spiro atoms. The Labute approximate surface area is 150 Å². The van der Waals surface area contributed by atoms with Gasteiger partial charge in [0, 0.05) is 12.5 Å². The van der Waals surface area contributed by atoms with E-state index in [0.29, 0.717) is 12.5 Å². The minimum Gasteiger partial charge on any atom is -0.247 e. The van der Waals surface area contributed by atoms with Gasteiger partial charge in [0.15, 0.2) is 0 Å². The summed E-state index contributed by atoms with van der Waals surface area (Å²) in [7, 11) is 0. The zero-order chi connectivity index (χ0) is 17.7. The van der Waals surface area contributed by atoms with Gasteiger partial charge in [-0.1, -0.05) is 48.6 Å². The predicted molar refractivity (Wildman–Crippen MR) is 101 cm³/mol. The molecule has 5 nitrogen and oxygen atoms in total. The summed E-state index contributed by atoms with van der Waals surface area (Å²) in [5.74, 6) is 0.360. The van der Waals surface area contributed by atoms with Gasteiger partial charge in [-0.2, -0.15) is 0 Å². The Balaban J connectivity index is 1.47. The fraction of sp³-hybridized carbons (Fsp3) is 0.238. The highest BCUT2D eigenvalue weighted by molar-refractivity contribution is 5.69. The molecule has 0 fully saturated rings. The first-order chi connectivity index (χ1) is 12.7. The van der Waals surface area contributed by atoms with Gasteiger partial charge >= 0.3 is 11.4 Å². The molecule has 0 amide bonds. The second kappa shape index (κ2) is 5.73. The molecule has 130 valence electrons. The lowest BCUT2D eigenvalue weighted by Crippen LogP contribution is -2.27. The minimum atomic E-state index is -0.375. The number of hydrogen-bond donors (Lipinski definition) is 2. The van der Waals surface area contributed by atoms with Gasteiger partial charge in [-0.15, -0.1) is 0 Å². The number of allylic oxidation sites excluding steroid dienone is 14. The molecule has 4 aliphatic rings. The van der Waals surface area contributed by atoms with Crippen LogP contribution in [0, 0.1) is 5.92 Å². The Morgan fingerprint density at radius 1 is 1.04 bits per heavy atom. The molecule has 26 heavy (non-hydrogen) atoms. The average Bonchev–Trinajstić information content (AvgIpc) is 2.98. The Hall–Kier alpha value is -3.08. The van der Waals surface area contributed by atoms with E-state index in [4.69, 9.17) is 0 Å². The molecule has 0 bridgehead atoms. The first-order valence-electron chi connectivity index (χ1n) is 9.01. The largest absolute Gasteiger partial charge is 0.344 e. The maximum atomic E-state index is 11.6. The van der Waals surface area contributed by atoms with E-state index in [1.54, 1.807) is 0 Å². The van der Waals surface area contributed by atoms with Gasteiger partial charge in [0.25, 0.3) is 0 Å². The van der Waals surface area contributed by atoms with Crippen molar-refractivity contribution in [2.75, 3.05) is 0 Å². The number of hydrogen-bond acceptors (Lipinski definition) is 2. The maximum Gasteiger partial charge on any atom is 0.344 e. The highest BCUT2D eigenvalue weighted by atomic mass is 16.2. The van der Waals surface area contributed by atoms with Crippen molar-refractivity contribution < 1.29 is 0 Å². The number of H-pyrrole nitrogens is 2. The summed E-state index contributed by atoms with van der Waals surface area (Å²) in [6.07, 6.45) is 20.3. The molecular formula is C21H19N3O2. The molecule has 0 aromatic carbocycles. The van der Waals surface area contributed by atoms with Crippen molar-refractivity contribution in [2.45, 2.75) is 25.8 Å². The van der Waals surface area contributed by atoms with Crippen LogP contribution < -0.4 is 11.4 Å². The fourth-order valence-electron chi connectivity index (χ4n) is 4.37. The molecule has 0 saturated carbocycles. The van der Waals surface area contributed by atoms with Crippen LogP contribution in [0.1, 0.15) is 19.3 Å². The number of nitrogens with one attached hydrogen (secondary N) is 2. The lowest BCUT2D eigenvalue weighted by atomic mass is 9.67. The molecular weight excluding hydrogens is 326 g/mol. The highest BCUT2D eigenvalue weighted by Gasteiger charge is 2.34. The number of rotatable bonds is 4. The summed E-state index contributed by atoms with van der Waals surface area (Å²) in [5, 5.41) is 4.66. The van der Waals surface area contributed by atoms with Crippen molar-refractivity contribution >= 4 is 0 Å². The molecule has 1 unspecified atom stereocenters. The predicted octanol–water partition coefficient (Wildman–Crippen LogP) is 2.82. The third-order valence-corrected chi connectivity index (χ3v) is 5.55. The van der Waals surface area contributed by atoms with Gasteiger partial charge in [0.05, 0.1) is 0 Å². The third-order valence-electron chi connectivity index (χ3n) is 5.55. The van der Waals surface area contributed by atoms with Gasteiger partial charge < -0.3 is 0 Å². The van der Waals surface area contributed by atoms with E-state index in [0.717, 1.165) is 19.3 Å². The smallest absolute Gasteiger partial charge is 0.247 e. The highest BCUT2D eigenvalue weighted by Crippen LogP contribution is 2.49. The third kappa shape index (κ3) is 2.24. The van der Waals surface area contributed by atoms with E-state index >= 15 is 0 Å². The zero-order valence-electron chi connectivity index (χ0n) is 14.3. The van der Waals surface area contributed by atoms with Crippen LogP contribution in [0.25, 0.3) is 0 Å². The quantitative estimate of drug-likeness (QED) is 0.881. The second-order valence-electron chi connectivity index (χ2n) is 7.04. The molecule has 0 aliphatic heterocycles. The van der Waals surface area contributed by atoms with Gasteiger partial charge in [-0.3, -0.25) is 0 Å². The van der Waals surface area contributed by atoms with Gasteiger partial charge in [-0.25, -0.2) is 24.4 Å². The van der Waals surface area contributed by atoms with Crippen molar-refractivity contribution in [3.63, 3.8) is 0 Å². The summed E-state index contributed by atoms with van der Waals surface area (Å²) < 4.78 is 1.22. The van der Waals surface area contributed by atoms with Crippen molar-refractivity contribution in [3.8, 4) is 0 Å². The van der Waals surface area contributed by atoms with Gasteiger partial charge in [-0.05, 0) is 52.7 Å². The summed E-state index contributed by atoms with van der Waals surface area (Å²) in [4.78, 5) is 23.3. The van der Waals surface area contributed by atoms with E-state index < -0.39 is 0 Å². The van der Waals surface area contributed by atoms with Crippen molar-refractivity contribution in [1.29, 1.82) is 0 Å². The van der Waals surface area contributed by atoms with Crippen molar-refractivity contribution in [1.82, 2.24) is 14.8 Å². The van der Waals surface area contributed by atoms with Crippen LogP contribution in [0.4, 0.5) is 0 Å². The maximum absolute atomic E-state index is 11.6. The molecule has 1 aromatic heterocycles. The number of aromatic nitrogens is 3. The fourth-order valence-corrected chi connectivity index (χ4v) is 4.37. The zero-order valence-corrected chi connectivity index (χ0v) is 14.3. The lowest BCUT2D eigenvalue weighted by molar-refractivity contribution is 0.605. The van der Waals surface area contributed by atoms with Crippen LogP contribution in [0.3, 0.4) is 0 Å². The first kappa shape index (κ1) is 15.2. The second-order valence-corrected chi connectivity index (χ2v) is 7.04. The van der Waals surface area contributed by atoms with Crippen LogP contribution in [-0.2, 0) is 6.54 Å². The topological polar surface area (TPSA) is 70.7 Å². The normalized spacial score (nSPS) is 22.5. The number of aromatic amines is 2. The summed E-state index contributed by atoms with van der Waals surface area (Å²) in [5.41, 5.74) is 7.40. The summed E-state index contributed by atoms with van der Waals surface area (Å²) in [6.45, 7) is 0.414. The standard InChI is InChI=1S/C21H19N3O2/c25-20-22-23-21(26)24(20)11-3-7-15-12-16-6-1-4-13-9-10-14-5-2-8-17(15)19(14)18(13)16/h1-2,4,6,8-10,12,18H,3,5,7,11H2,(H,22,25)(H,23,26). The molecule has 1 atom stereocenters. The molecule has 1 aromatic rings. The van der Waals surface area contributed by atoms with Gasteiger partial charge in [0.1, 0.15) is 0 Å². The first-order valence-corrected chi connectivity index (χ1v) is 9.01. The SMILES string of the molecule is O=c1[nH][nH]c(=O)n1CCCC1=CC2=CC=CC3=CC=C4CC=CC1=C4C32. The van der Waals surface area contributed by atoms with E-state index in [-0.39, 0.29) is 11.4 Å². The monoisotopic (exact) mass is 345 g/mol. The molecule has 4 aliphatic carbocycles. The van der Waals surface area contributed by atoms with E-state index in [9.17, 15) is 9.59 Å². The van der Waals surface area contributed by atoms with Gasteiger partial charge in [0.2, 0.25) is 0 Å². The van der Waals surface area contributed by atoms with Crippen LogP contribution in [-0.4, -0.2) is 14.8 Å². The van der Waals surface area contributed by atoms with E-state index in [1.165, 1.54) is 38.0 Å². The summed E-state index contributed by atoms with van der Waals surface area (Å²) >= 11 is 0. The average molecular weight is 345 g/mol. The number of nitrogens with zero attached hydrogens (tertiary/aromatic N) is 1. The van der Waals surface area contributed by atoms with Crippen LogP contribution in [0.15, 0.2) is 91.6 Å². The van der Waals surface area contributed by atoms with E-state index in [1.807, 2.05) is 0 Å². The van der Waals surface area contributed by atoms with Crippen molar-refractivity contribution in [2.24, 2.45) is 5.92 Å². The molecule has 5 heteroatoms. The lowest BCUT2D eigenvalue weighted by Gasteiger charge is -2.37. The molecule has 0 saturated heterocycles. The Bertz CT molecular complexity index is 1090. The Kier molecular flexibility index (Phi) is 3.35. The van der Waals surface area contributed by atoms with E-state index in [2.05, 4.69) is 58.8 Å². The molecule has 2 N–H and O–H groups in total. The van der Waals surface area contributed by atoms with Crippen LogP contribution in [0.2, 0.25) is 0 Å². The Morgan fingerprint density at radius 2 is 1.88 bits per heavy atom. The van der Waals surface area contributed by atoms with Crippen LogP contribution in [0.5, 0.6) is 0 Å². The molecule has 1 heterocycles. The van der Waals surface area contributed by atoms with Crippen LogP contribution >= 0.6 is 0 Å². The molecule has 0 radical (unpaired) electrons. The minimum absolute atomic E-state index is 0.360. The molecule has 5 rings (SSSR count). The van der Waals surface area contributed by atoms with Crippen molar-refractivity contribution in [3.05, 3.63) is 103 Å². The Morgan fingerprint density at radius 3 is 2.73 bits per heavy atom.